The number of fused-ring (bicyclic) bond motifs is 1. The molecule has 0 aliphatic carbocycles. The number of rotatable bonds is 6. The molecule has 214 valence electrons. The maximum Gasteiger partial charge on any atom is 0.274 e. The number of hydrogen-bond donors (Lipinski definition) is 1. The van der Waals surface area contributed by atoms with Crippen molar-refractivity contribution in [3.63, 3.8) is 0 Å². The van der Waals surface area contributed by atoms with Crippen molar-refractivity contribution in [2.24, 2.45) is 0 Å². The first-order valence-corrected chi connectivity index (χ1v) is 15.8. The molecule has 0 radical (unpaired) electrons. The molecule has 7 rings (SSSR count). The van der Waals surface area contributed by atoms with E-state index in [0.29, 0.717) is 17.1 Å². The minimum atomic E-state index is -0.255. The van der Waals surface area contributed by atoms with Crippen LogP contribution in [0.5, 0.6) is 0 Å². The second kappa shape index (κ2) is 11.7. The van der Waals surface area contributed by atoms with Gasteiger partial charge in [0, 0.05) is 44.5 Å². The van der Waals surface area contributed by atoms with E-state index < -0.39 is 0 Å². The van der Waals surface area contributed by atoms with Crippen molar-refractivity contribution < 1.29 is 9.53 Å². The zero-order valence-electron chi connectivity index (χ0n) is 23.3. The average Bonchev–Trinajstić information content (AvgIpc) is 3.70. The number of thiazole rings is 1. The molecule has 1 unspecified atom stereocenters. The molecular formula is C30H36N8O2S. The average molecular weight is 573 g/mol. The molecule has 1 amide bonds. The van der Waals surface area contributed by atoms with Gasteiger partial charge in [0.25, 0.3) is 5.91 Å². The third-order valence-corrected chi connectivity index (χ3v) is 9.26. The first-order chi connectivity index (χ1) is 20.2. The third kappa shape index (κ3) is 5.65. The Morgan fingerprint density at radius 2 is 1.73 bits per heavy atom. The predicted octanol–water partition coefficient (Wildman–Crippen LogP) is 5.88. The lowest BCUT2D eigenvalue weighted by molar-refractivity contribution is -0.0394. The zero-order valence-corrected chi connectivity index (χ0v) is 24.1. The highest BCUT2D eigenvalue weighted by atomic mass is 32.1. The summed E-state index contributed by atoms with van der Waals surface area (Å²) in [5.74, 6) is 0.543. The summed E-state index contributed by atoms with van der Waals surface area (Å²) in [5.41, 5.74) is 3.40. The maximum absolute atomic E-state index is 13.6. The van der Waals surface area contributed by atoms with Gasteiger partial charge in [-0.25, -0.2) is 14.6 Å². The number of carbonyl (C=O) groups is 1. The lowest BCUT2D eigenvalue weighted by Gasteiger charge is -2.29. The van der Waals surface area contributed by atoms with Crippen LogP contribution >= 0.6 is 11.3 Å². The third-order valence-electron chi connectivity index (χ3n) is 8.21. The molecule has 10 nitrogen and oxygen atoms in total. The number of hydrogen-bond acceptors (Lipinski definition) is 9. The SMILES string of the molecule is O=C(Nc1cc2sc(N3CCCCC3)nc2nc1N1CCCCC1)c1cccc(-c2cnn(C3CCCCO3)c2)n1. The number of aromatic nitrogens is 5. The summed E-state index contributed by atoms with van der Waals surface area (Å²) in [6.45, 7) is 4.68. The van der Waals surface area contributed by atoms with Gasteiger partial charge in [-0.3, -0.25) is 4.79 Å². The number of nitrogens with zero attached hydrogens (tertiary/aromatic N) is 7. The summed E-state index contributed by atoms with van der Waals surface area (Å²) in [5, 5.41) is 8.70. The molecular weight excluding hydrogens is 536 g/mol. The summed E-state index contributed by atoms with van der Waals surface area (Å²) in [7, 11) is 0. The van der Waals surface area contributed by atoms with E-state index in [9.17, 15) is 4.79 Å². The van der Waals surface area contributed by atoms with Gasteiger partial charge >= 0.3 is 0 Å². The molecule has 1 atom stereocenters. The number of ether oxygens (including phenoxy) is 1. The summed E-state index contributed by atoms with van der Waals surface area (Å²) in [6.07, 6.45) is 14.0. The Morgan fingerprint density at radius 1 is 0.927 bits per heavy atom. The normalized spacial score (nSPS) is 20.0. The molecule has 4 aromatic heterocycles. The number of piperidine rings is 2. The predicted molar refractivity (Wildman–Crippen MR) is 162 cm³/mol. The van der Waals surface area contributed by atoms with Crippen LogP contribution in [0.15, 0.2) is 36.7 Å². The minimum absolute atomic E-state index is 0.0400. The number of nitrogens with one attached hydrogen (secondary N) is 1. The molecule has 3 saturated heterocycles. The quantitative estimate of drug-likeness (QED) is 0.306. The number of amides is 1. The Labute approximate surface area is 243 Å². The van der Waals surface area contributed by atoms with E-state index in [0.717, 1.165) is 91.7 Å². The van der Waals surface area contributed by atoms with E-state index in [1.165, 1.54) is 25.7 Å². The molecule has 3 aliphatic rings. The number of pyridine rings is 2. The highest BCUT2D eigenvalue weighted by Crippen LogP contribution is 2.36. The highest BCUT2D eigenvalue weighted by Gasteiger charge is 2.23. The van der Waals surface area contributed by atoms with Crippen molar-refractivity contribution >= 4 is 44.2 Å². The van der Waals surface area contributed by atoms with Crippen LogP contribution in [0.1, 0.15) is 74.5 Å². The smallest absolute Gasteiger partial charge is 0.274 e. The van der Waals surface area contributed by atoms with Crippen molar-refractivity contribution in [2.75, 3.05) is 47.9 Å². The summed E-state index contributed by atoms with van der Waals surface area (Å²) in [6, 6.07) is 7.58. The standard InChI is InChI=1S/C30H36N8O2S/c39-29(23-11-9-10-22(32-23)21-19-31-38(20-21)26-12-3-8-17-40-26)33-24-18-25-27(34-28(24)36-13-4-1-5-14-36)35-30(41-25)37-15-6-2-7-16-37/h9-11,18-20,26H,1-8,12-17H2,(H,33,39). The van der Waals surface area contributed by atoms with Crippen molar-refractivity contribution in [3.8, 4) is 11.3 Å². The van der Waals surface area contributed by atoms with Gasteiger partial charge in [-0.15, -0.1) is 0 Å². The van der Waals surface area contributed by atoms with Crippen LogP contribution in [0.25, 0.3) is 21.6 Å². The van der Waals surface area contributed by atoms with Crippen molar-refractivity contribution in [1.29, 1.82) is 0 Å². The first kappa shape index (κ1) is 26.3. The second-order valence-electron chi connectivity index (χ2n) is 11.2. The fourth-order valence-corrected chi connectivity index (χ4v) is 6.97. The summed E-state index contributed by atoms with van der Waals surface area (Å²) in [4.78, 5) is 32.9. The Bertz CT molecular complexity index is 1520. The molecule has 7 heterocycles. The van der Waals surface area contributed by atoms with Crippen LogP contribution in [-0.4, -0.2) is 63.4 Å². The van der Waals surface area contributed by atoms with Gasteiger partial charge in [-0.2, -0.15) is 10.1 Å². The molecule has 4 aromatic rings. The molecule has 3 fully saturated rings. The van der Waals surface area contributed by atoms with Crippen LogP contribution < -0.4 is 15.1 Å². The van der Waals surface area contributed by atoms with E-state index in [1.54, 1.807) is 23.6 Å². The molecule has 0 bridgehead atoms. The molecule has 41 heavy (non-hydrogen) atoms. The molecule has 1 N–H and O–H groups in total. The number of carbonyl (C=O) groups excluding carboxylic acids is 1. The van der Waals surface area contributed by atoms with Gasteiger partial charge in [0.05, 0.1) is 22.3 Å². The van der Waals surface area contributed by atoms with Gasteiger partial charge < -0.3 is 19.9 Å². The van der Waals surface area contributed by atoms with E-state index in [4.69, 9.17) is 19.7 Å². The molecule has 11 heteroatoms. The van der Waals surface area contributed by atoms with Gasteiger partial charge in [0.2, 0.25) is 0 Å². The zero-order chi connectivity index (χ0) is 27.6. The largest absolute Gasteiger partial charge is 0.357 e. The highest BCUT2D eigenvalue weighted by molar-refractivity contribution is 7.22. The van der Waals surface area contributed by atoms with Crippen molar-refractivity contribution in [1.82, 2.24) is 24.7 Å². The van der Waals surface area contributed by atoms with Crippen LogP contribution in [0, 0.1) is 0 Å². The van der Waals surface area contributed by atoms with Gasteiger partial charge in [-0.1, -0.05) is 17.4 Å². The lowest BCUT2D eigenvalue weighted by atomic mass is 10.1. The molecule has 3 aliphatic heterocycles. The van der Waals surface area contributed by atoms with Gasteiger partial charge in [-0.05, 0) is 76.0 Å². The van der Waals surface area contributed by atoms with Crippen LogP contribution in [0.2, 0.25) is 0 Å². The molecule has 0 spiro atoms. The van der Waals surface area contributed by atoms with Gasteiger partial charge in [0.15, 0.2) is 16.6 Å². The van der Waals surface area contributed by atoms with E-state index in [1.807, 2.05) is 29.1 Å². The van der Waals surface area contributed by atoms with Crippen LogP contribution in [-0.2, 0) is 4.74 Å². The maximum atomic E-state index is 13.6. The Kier molecular flexibility index (Phi) is 7.54. The monoisotopic (exact) mass is 572 g/mol. The topological polar surface area (TPSA) is 101 Å². The summed E-state index contributed by atoms with van der Waals surface area (Å²) >= 11 is 1.66. The van der Waals surface area contributed by atoms with Crippen LogP contribution in [0.3, 0.4) is 0 Å². The Hall–Kier alpha value is -3.57. The fraction of sp³-hybridized carbons (Fsp3) is 0.500. The molecule has 0 saturated carbocycles. The minimum Gasteiger partial charge on any atom is -0.357 e. The Balaban J connectivity index is 1.16. The van der Waals surface area contributed by atoms with E-state index in [2.05, 4.69) is 20.2 Å². The van der Waals surface area contributed by atoms with Crippen LogP contribution in [0.4, 0.5) is 16.6 Å². The fourth-order valence-electron chi connectivity index (χ4n) is 5.97. The first-order valence-electron chi connectivity index (χ1n) is 15.0. The van der Waals surface area contributed by atoms with E-state index in [-0.39, 0.29) is 12.1 Å². The lowest BCUT2D eigenvalue weighted by Crippen LogP contribution is -2.31. The molecule has 0 aromatic carbocycles. The van der Waals surface area contributed by atoms with Gasteiger partial charge in [0.1, 0.15) is 11.9 Å². The Morgan fingerprint density at radius 3 is 2.51 bits per heavy atom. The number of anilines is 3. The summed E-state index contributed by atoms with van der Waals surface area (Å²) < 4.78 is 8.72. The van der Waals surface area contributed by atoms with Crippen molar-refractivity contribution in [2.45, 2.75) is 64.0 Å². The van der Waals surface area contributed by atoms with E-state index >= 15 is 0 Å². The second-order valence-corrected chi connectivity index (χ2v) is 12.2. The van der Waals surface area contributed by atoms with Crippen molar-refractivity contribution in [3.05, 3.63) is 42.4 Å².